The van der Waals surface area contributed by atoms with Crippen molar-refractivity contribution in [3.8, 4) is 0 Å². The van der Waals surface area contributed by atoms with Crippen LogP contribution in [0.15, 0.2) is 48.5 Å². The Kier molecular flexibility index (Phi) is 21.9. The van der Waals surface area contributed by atoms with Crippen LogP contribution in [0.3, 0.4) is 0 Å². The number of amides is 1. The fourth-order valence-corrected chi connectivity index (χ4v) is 4.40. The molecule has 0 heterocycles. The highest BCUT2D eigenvalue weighted by Gasteiger charge is 2.17. The Labute approximate surface area is 247 Å². The average molecular weight is 557 g/mol. The molecule has 0 fully saturated rings. The van der Waals surface area contributed by atoms with Crippen molar-refractivity contribution < 1.29 is 4.79 Å². The number of carbonyl (C=O) groups excluding carboxylic acids is 1. The molecule has 4 heteroatoms. The lowest BCUT2D eigenvalue weighted by molar-refractivity contribution is -0.131. The van der Waals surface area contributed by atoms with Gasteiger partial charge in [-0.3, -0.25) is 4.79 Å². The summed E-state index contributed by atoms with van der Waals surface area (Å²) in [5.74, 6) is 2.48. The first-order chi connectivity index (χ1) is 18.6. The van der Waals surface area contributed by atoms with Gasteiger partial charge in [-0.15, -0.1) is 0 Å². The van der Waals surface area contributed by atoms with Gasteiger partial charge in [0, 0.05) is 24.9 Å². The Morgan fingerprint density at radius 2 is 1.41 bits per heavy atom. The summed E-state index contributed by atoms with van der Waals surface area (Å²) in [7, 11) is 0. The van der Waals surface area contributed by atoms with E-state index < -0.39 is 0 Å². The van der Waals surface area contributed by atoms with E-state index in [1.807, 2.05) is 0 Å². The number of unbranched alkanes of at least 4 members (excludes halogenated alkanes) is 1. The SMILES string of the molecule is CC(C)C.CCCC[C@H](C)CN(CCC)C(=O)Cc1ccccc1CCc1ccccc1C.CC[C@@H](N)CS. The van der Waals surface area contributed by atoms with E-state index in [1.165, 1.54) is 41.5 Å². The third-order valence-corrected chi connectivity index (χ3v) is 7.04. The predicted octanol–water partition coefficient (Wildman–Crippen LogP) is 8.70. The number of benzene rings is 2. The molecule has 39 heavy (non-hydrogen) atoms. The molecule has 0 bridgehead atoms. The van der Waals surface area contributed by atoms with Crippen molar-refractivity contribution in [1.82, 2.24) is 4.90 Å². The van der Waals surface area contributed by atoms with Gasteiger partial charge in [-0.25, -0.2) is 0 Å². The minimum atomic E-state index is 0.276. The summed E-state index contributed by atoms with van der Waals surface area (Å²) in [5.41, 5.74) is 10.6. The summed E-state index contributed by atoms with van der Waals surface area (Å²) < 4.78 is 0. The molecule has 1 amide bonds. The van der Waals surface area contributed by atoms with Gasteiger partial charge in [0.15, 0.2) is 0 Å². The molecule has 0 aliphatic carbocycles. The van der Waals surface area contributed by atoms with Gasteiger partial charge in [0.1, 0.15) is 0 Å². The number of hydrogen-bond donors (Lipinski definition) is 2. The molecular weight excluding hydrogens is 496 g/mol. The number of rotatable bonds is 14. The molecule has 222 valence electrons. The molecule has 2 atom stereocenters. The van der Waals surface area contributed by atoms with Gasteiger partial charge in [-0.05, 0) is 73.1 Å². The molecule has 0 saturated heterocycles. The zero-order chi connectivity index (χ0) is 29.6. The molecule has 0 radical (unpaired) electrons. The third-order valence-electron chi connectivity index (χ3n) is 6.57. The maximum atomic E-state index is 13.1. The molecule has 0 aliphatic heterocycles. The lowest BCUT2D eigenvalue weighted by Gasteiger charge is -2.26. The standard InChI is InChI=1S/C27H39NO.C4H11NS.C4H10/c1-5-7-12-22(3)21-28(19-6-2)27(29)20-26-16-11-10-15-25(26)18-17-24-14-9-8-13-23(24)4;1-2-4(5)3-6;1-4(2)3/h8-11,13-16,22H,5-7,12,17-21H2,1-4H3;4,6H,2-3,5H2,1H3;4H,1-3H3/t22-;4-;/m01./s1. The maximum absolute atomic E-state index is 13.1. The largest absolute Gasteiger partial charge is 0.342 e. The topological polar surface area (TPSA) is 46.3 Å². The lowest BCUT2D eigenvalue weighted by atomic mass is 9.96. The van der Waals surface area contributed by atoms with E-state index in [1.54, 1.807) is 0 Å². The van der Waals surface area contributed by atoms with Gasteiger partial charge in [0.05, 0.1) is 6.42 Å². The van der Waals surface area contributed by atoms with E-state index in [0.717, 1.165) is 50.4 Å². The summed E-state index contributed by atoms with van der Waals surface area (Å²) in [6, 6.07) is 17.4. The molecule has 0 aromatic heterocycles. The van der Waals surface area contributed by atoms with Crippen LogP contribution >= 0.6 is 12.6 Å². The van der Waals surface area contributed by atoms with Gasteiger partial charge in [-0.2, -0.15) is 12.6 Å². The Hall–Kier alpha value is -1.78. The molecule has 2 aromatic rings. The number of nitrogens with zero attached hydrogens (tertiary/aromatic N) is 1. The van der Waals surface area contributed by atoms with Crippen LogP contribution < -0.4 is 5.73 Å². The van der Waals surface area contributed by atoms with Gasteiger partial charge < -0.3 is 10.6 Å². The lowest BCUT2D eigenvalue weighted by Crippen LogP contribution is -2.36. The Morgan fingerprint density at radius 3 is 1.90 bits per heavy atom. The van der Waals surface area contributed by atoms with Crippen molar-refractivity contribution in [2.24, 2.45) is 17.6 Å². The van der Waals surface area contributed by atoms with Crippen molar-refractivity contribution in [2.75, 3.05) is 18.8 Å². The molecule has 2 aromatic carbocycles. The highest BCUT2D eigenvalue weighted by Crippen LogP contribution is 2.17. The van der Waals surface area contributed by atoms with Crippen molar-refractivity contribution in [3.63, 3.8) is 0 Å². The molecule has 0 spiro atoms. The van der Waals surface area contributed by atoms with Crippen LogP contribution in [0.25, 0.3) is 0 Å². The normalized spacial score (nSPS) is 12.1. The van der Waals surface area contributed by atoms with Gasteiger partial charge in [0.25, 0.3) is 0 Å². The molecular formula is C35H60N2OS. The highest BCUT2D eigenvalue weighted by molar-refractivity contribution is 7.80. The van der Waals surface area contributed by atoms with E-state index >= 15 is 0 Å². The quantitative estimate of drug-likeness (QED) is 0.229. The summed E-state index contributed by atoms with van der Waals surface area (Å²) in [6.07, 6.45) is 8.24. The third kappa shape index (κ3) is 18.2. The number of thiol groups is 1. The second-order valence-electron chi connectivity index (χ2n) is 11.5. The van der Waals surface area contributed by atoms with E-state index in [-0.39, 0.29) is 5.91 Å². The molecule has 3 nitrogen and oxygen atoms in total. The van der Waals surface area contributed by atoms with Crippen LogP contribution in [-0.2, 0) is 24.1 Å². The zero-order valence-corrected chi connectivity index (χ0v) is 27.4. The minimum absolute atomic E-state index is 0.276. The smallest absolute Gasteiger partial charge is 0.227 e. The first-order valence-corrected chi connectivity index (χ1v) is 16.0. The summed E-state index contributed by atoms with van der Waals surface area (Å²) >= 11 is 3.97. The Morgan fingerprint density at radius 1 is 0.872 bits per heavy atom. The Balaban J connectivity index is 0.00000123. The van der Waals surface area contributed by atoms with Gasteiger partial charge >= 0.3 is 0 Å². The number of hydrogen-bond acceptors (Lipinski definition) is 3. The first kappa shape index (κ1) is 37.2. The van der Waals surface area contributed by atoms with Crippen molar-refractivity contribution >= 4 is 18.5 Å². The maximum Gasteiger partial charge on any atom is 0.227 e. The number of nitrogens with two attached hydrogens (primary N) is 1. The van der Waals surface area contributed by atoms with Crippen molar-refractivity contribution in [3.05, 3.63) is 70.8 Å². The predicted molar refractivity (Wildman–Crippen MR) is 177 cm³/mol. The van der Waals surface area contributed by atoms with Crippen LogP contribution in [0.2, 0.25) is 0 Å². The molecule has 0 aliphatic rings. The molecule has 0 unspecified atom stereocenters. The second kappa shape index (κ2) is 23.0. The molecule has 2 N–H and O–H groups in total. The van der Waals surface area contributed by atoms with Crippen LogP contribution in [0.1, 0.15) is 103 Å². The fourth-order valence-electron chi connectivity index (χ4n) is 4.15. The van der Waals surface area contributed by atoms with Crippen LogP contribution in [0.5, 0.6) is 0 Å². The average Bonchev–Trinajstić information content (AvgIpc) is 2.91. The second-order valence-corrected chi connectivity index (χ2v) is 11.9. The monoisotopic (exact) mass is 556 g/mol. The number of carbonyl (C=O) groups is 1. The van der Waals surface area contributed by atoms with Crippen LogP contribution in [0, 0.1) is 18.8 Å². The summed E-state index contributed by atoms with van der Waals surface area (Å²) in [5, 5.41) is 0. The zero-order valence-electron chi connectivity index (χ0n) is 26.5. The number of aryl methyl sites for hydroxylation is 3. The summed E-state index contributed by atoms with van der Waals surface area (Å²) in [6.45, 7) is 19.1. The Bertz CT molecular complexity index is 876. The van der Waals surface area contributed by atoms with Gasteiger partial charge in [-0.1, -0.05) is 110 Å². The first-order valence-electron chi connectivity index (χ1n) is 15.3. The van der Waals surface area contributed by atoms with E-state index in [2.05, 4.69) is 121 Å². The minimum Gasteiger partial charge on any atom is -0.342 e. The summed E-state index contributed by atoms with van der Waals surface area (Å²) in [4.78, 5) is 15.2. The van der Waals surface area contributed by atoms with Crippen LogP contribution in [0.4, 0.5) is 0 Å². The van der Waals surface area contributed by atoms with Crippen LogP contribution in [-0.4, -0.2) is 35.7 Å². The molecule has 2 rings (SSSR count). The van der Waals surface area contributed by atoms with Gasteiger partial charge in [0.2, 0.25) is 5.91 Å². The highest BCUT2D eigenvalue weighted by atomic mass is 32.1. The van der Waals surface area contributed by atoms with Crippen molar-refractivity contribution in [2.45, 2.75) is 113 Å². The van der Waals surface area contributed by atoms with Crippen molar-refractivity contribution in [1.29, 1.82) is 0 Å². The molecule has 0 saturated carbocycles. The van der Waals surface area contributed by atoms with E-state index in [0.29, 0.717) is 18.4 Å². The fraction of sp³-hybridized carbons (Fsp3) is 0.629. The van der Waals surface area contributed by atoms with E-state index in [4.69, 9.17) is 5.73 Å². The van der Waals surface area contributed by atoms with E-state index in [9.17, 15) is 4.79 Å².